The predicted octanol–water partition coefficient (Wildman–Crippen LogP) is 3.14. The highest BCUT2D eigenvalue weighted by atomic mass is 16.4. The molecule has 5 nitrogen and oxygen atoms in total. The van der Waals surface area contributed by atoms with Gasteiger partial charge in [-0.2, -0.15) is 0 Å². The highest BCUT2D eigenvalue weighted by Crippen LogP contribution is 2.40. The molecule has 1 N–H and O–H groups in total. The van der Waals surface area contributed by atoms with E-state index in [1.165, 1.54) is 0 Å². The minimum Gasteiger partial charge on any atom is -0.481 e. The molecule has 2 rings (SSSR count). The summed E-state index contributed by atoms with van der Waals surface area (Å²) in [6.45, 7) is 7.60. The molecular formula is C16H23NO4. The number of hydrogen-bond donors (Lipinski definition) is 1. The van der Waals surface area contributed by atoms with Gasteiger partial charge in [0.05, 0.1) is 5.92 Å². The molecule has 1 aliphatic heterocycles. The van der Waals surface area contributed by atoms with E-state index < -0.39 is 23.5 Å². The average Bonchev–Trinajstić information content (AvgIpc) is 2.67. The van der Waals surface area contributed by atoms with Crippen LogP contribution in [0.15, 0.2) is 16.5 Å². The van der Waals surface area contributed by atoms with Crippen LogP contribution in [0.25, 0.3) is 0 Å². The number of hydrogen-bond acceptors (Lipinski definition) is 3. The molecule has 1 amide bonds. The Balaban J connectivity index is 2.54. The number of carboxylic acid groups (broad SMARTS) is 1. The van der Waals surface area contributed by atoms with Crippen LogP contribution in [0.1, 0.15) is 57.6 Å². The molecule has 1 fully saturated rings. The molecule has 0 spiro atoms. The Bertz CT molecular complexity index is 541. The quantitative estimate of drug-likeness (QED) is 0.909. The van der Waals surface area contributed by atoms with Gasteiger partial charge in [-0.05, 0) is 52.7 Å². The predicted molar refractivity (Wildman–Crippen MR) is 77.8 cm³/mol. The van der Waals surface area contributed by atoms with Crippen molar-refractivity contribution in [1.29, 1.82) is 0 Å². The molecule has 2 unspecified atom stereocenters. The van der Waals surface area contributed by atoms with Crippen molar-refractivity contribution in [2.24, 2.45) is 5.92 Å². The van der Waals surface area contributed by atoms with Crippen LogP contribution >= 0.6 is 0 Å². The first kappa shape index (κ1) is 15.6. The number of carboxylic acids is 1. The fourth-order valence-corrected chi connectivity index (χ4v) is 3.07. The summed E-state index contributed by atoms with van der Waals surface area (Å²) in [6.07, 6.45) is 1.47. The summed E-state index contributed by atoms with van der Waals surface area (Å²) in [5, 5.41) is 9.59. The van der Waals surface area contributed by atoms with Gasteiger partial charge in [0.2, 0.25) is 5.91 Å². The second kappa shape index (κ2) is 5.54. The van der Waals surface area contributed by atoms with E-state index in [1.807, 2.05) is 33.8 Å². The van der Waals surface area contributed by atoms with E-state index in [2.05, 4.69) is 0 Å². The Morgan fingerprint density at radius 1 is 1.38 bits per heavy atom. The molecule has 1 aromatic heterocycles. The molecule has 0 aromatic carbocycles. The molecule has 1 saturated heterocycles. The third kappa shape index (κ3) is 3.12. The smallest absolute Gasteiger partial charge is 0.309 e. The Hall–Kier alpha value is -1.78. The average molecular weight is 293 g/mol. The molecule has 0 saturated carbocycles. The molecule has 116 valence electrons. The number of amides is 1. The zero-order chi connectivity index (χ0) is 15.8. The molecule has 2 atom stereocenters. The van der Waals surface area contributed by atoms with E-state index in [0.717, 1.165) is 5.76 Å². The van der Waals surface area contributed by atoms with E-state index in [0.29, 0.717) is 25.0 Å². The van der Waals surface area contributed by atoms with Crippen LogP contribution in [0, 0.1) is 12.8 Å². The Kier molecular flexibility index (Phi) is 4.12. The van der Waals surface area contributed by atoms with Gasteiger partial charge in [-0.1, -0.05) is 0 Å². The van der Waals surface area contributed by atoms with Crippen molar-refractivity contribution >= 4 is 11.9 Å². The van der Waals surface area contributed by atoms with Crippen molar-refractivity contribution in [3.63, 3.8) is 0 Å². The lowest BCUT2D eigenvalue weighted by atomic mass is 9.90. The topological polar surface area (TPSA) is 70.8 Å². The number of likely N-dealkylation sites (tertiary alicyclic amines) is 1. The van der Waals surface area contributed by atoms with E-state index in [1.54, 1.807) is 11.0 Å². The van der Waals surface area contributed by atoms with Crippen molar-refractivity contribution in [1.82, 2.24) is 4.90 Å². The summed E-state index contributed by atoms with van der Waals surface area (Å²) in [5.41, 5.74) is -0.458. The lowest BCUT2D eigenvalue weighted by Gasteiger charge is -2.41. The highest BCUT2D eigenvalue weighted by Gasteiger charge is 2.44. The van der Waals surface area contributed by atoms with Crippen LogP contribution in [0.5, 0.6) is 0 Å². The highest BCUT2D eigenvalue weighted by molar-refractivity contribution is 5.80. The van der Waals surface area contributed by atoms with Crippen molar-refractivity contribution in [2.45, 2.75) is 58.5 Å². The number of carbonyl (C=O) groups is 2. The molecule has 0 bridgehead atoms. The third-order valence-corrected chi connectivity index (χ3v) is 3.93. The van der Waals surface area contributed by atoms with Gasteiger partial charge < -0.3 is 14.4 Å². The minimum atomic E-state index is -0.877. The van der Waals surface area contributed by atoms with Crippen molar-refractivity contribution < 1.29 is 19.1 Å². The summed E-state index contributed by atoms with van der Waals surface area (Å²) < 4.78 is 5.68. The number of nitrogens with zero attached hydrogens (tertiary/aromatic N) is 1. The van der Waals surface area contributed by atoms with Crippen LogP contribution in [-0.4, -0.2) is 27.4 Å². The maximum absolute atomic E-state index is 12.5. The molecule has 1 aliphatic rings. The second-order valence-corrected chi connectivity index (χ2v) is 6.66. The van der Waals surface area contributed by atoms with E-state index in [9.17, 15) is 14.7 Å². The van der Waals surface area contributed by atoms with Crippen LogP contribution in [0.4, 0.5) is 0 Å². The maximum atomic E-state index is 12.5. The van der Waals surface area contributed by atoms with Gasteiger partial charge in [-0.15, -0.1) is 0 Å². The van der Waals surface area contributed by atoms with Crippen molar-refractivity contribution in [2.75, 3.05) is 0 Å². The Labute approximate surface area is 124 Å². The Morgan fingerprint density at radius 3 is 2.52 bits per heavy atom. The third-order valence-electron chi connectivity index (χ3n) is 3.93. The molecule has 0 radical (unpaired) electrons. The number of aliphatic carboxylic acids is 1. The zero-order valence-electron chi connectivity index (χ0n) is 13.0. The van der Waals surface area contributed by atoms with Gasteiger partial charge >= 0.3 is 5.97 Å². The number of rotatable bonds is 2. The number of carbonyl (C=O) groups excluding carboxylic acids is 1. The number of furan rings is 1. The van der Waals surface area contributed by atoms with Gasteiger partial charge in [0.1, 0.15) is 17.6 Å². The minimum absolute atomic E-state index is 0.00898. The van der Waals surface area contributed by atoms with Crippen LogP contribution in [0.3, 0.4) is 0 Å². The van der Waals surface area contributed by atoms with Crippen molar-refractivity contribution in [3.05, 3.63) is 23.7 Å². The lowest BCUT2D eigenvalue weighted by molar-refractivity contribution is -0.149. The second-order valence-electron chi connectivity index (χ2n) is 6.66. The largest absolute Gasteiger partial charge is 0.481 e. The normalized spacial score (nSPS) is 24.0. The monoisotopic (exact) mass is 293 g/mol. The molecular weight excluding hydrogens is 270 g/mol. The van der Waals surface area contributed by atoms with Crippen LogP contribution in [0.2, 0.25) is 0 Å². The number of aryl methyl sites for hydroxylation is 1. The maximum Gasteiger partial charge on any atom is 0.309 e. The SMILES string of the molecule is Cc1ccc(C2C(C(=O)O)CCCC(=O)N2C(C)(C)C)o1. The van der Waals surface area contributed by atoms with Gasteiger partial charge in [0.25, 0.3) is 0 Å². The molecule has 5 heteroatoms. The van der Waals surface area contributed by atoms with Gasteiger partial charge in [-0.3, -0.25) is 9.59 Å². The van der Waals surface area contributed by atoms with E-state index in [-0.39, 0.29) is 5.91 Å². The zero-order valence-corrected chi connectivity index (χ0v) is 13.0. The van der Waals surface area contributed by atoms with Gasteiger partial charge in [0.15, 0.2) is 0 Å². The van der Waals surface area contributed by atoms with E-state index in [4.69, 9.17) is 4.42 Å². The summed E-state index contributed by atoms with van der Waals surface area (Å²) in [5.74, 6) is -0.241. The lowest BCUT2D eigenvalue weighted by Crippen LogP contribution is -2.49. The van der Waals surface area contributed by atoms with E-state index >= 15 is 0 Å². The first-order valence-corrected chi connectivity index (χ1v) is 7.33. The fraction of sp³-hybridized carbons (Fsp3) is 0.625. The first-order chi connectivity index (χ1) is 9.71. The molecule has 1 aromatic rings. The van der Waals surface area contributed by atoms with Gasteiger partial charge in [-0.25, -0.2) is 0 Å². The standard InChI is InChI=1S/C16H23NO4/c1-10-8-9-12(21-10)14-11(15(19)20)6-5-7-13(18)17(14)16(2,3)4/h8-9,11,14H,5-7H2,1-4H3,(H,19,20). The van der Waals surface area contributed by atoms with Crippen molar-refractivity contribution in [3.8, 4) is 0 Å². The first-order valence-electron chi connectivity index (χ1n) is 7.33. The Morgan fingerprint density at radius 2 is 2.05 bits per heavy atom. The summed E-state index contributed by atoms with van der Waals surface area (Å²) >= 11 is 0. The summed E-state index contributed by atoms with van der Waals surface area (Å²) in [7, 11) is 0. The molecule has 0 aliphatic carbocycles. The fourth-order valence-electron chi connectivity index (χ4n) is 3.07. The molecule has 2 heterocycles. The van der Waals surface area contributed by atoms with Gasteiger partial charge in [0, 0.05) is 12.0 Å². The summed E-state index contributed by atoms with van der Waals surface area (Å²) in [4.78, 5) is 25.9. The molecule has 21 heavy (non-hydrogen) atoms. The van der Waals surface area contributed by atoms with Crippen LogP contribution < -0.4 is 0 Å². The summed E-state index contributed by atoms with van der Waals surface area (Å²) in [6, 6.07) is 3.05. The van der Waals surface area contributed by atoms with Crippen LogP contribution in [-0.2, 0) is 9.59 Å².